The molecule has 0 unspecified atom stereocenters. The molecule has 1 aliphatic carbocycles. The zero-order valence-electron chi connectivity index (χ0n) is 18.4. The van der Waals surface area contributed by atoms with Crippen LogP contribution < -0.4 is 10.6 Å². The molecular weight excluding hydrogens is 408 g/mol. The summed E-state index contributed by atoms with van der Waals surface area (Å²) >= 11 is 1.71. The van der Waals surface area contributed by atoms with Crippen LogP contribution in [0.3, 0.4) is 0 Å². The Morgan fingerprint density at radius 3 is 2.58 bits per heavy atom. The first kappa shape index (κ1) is 21.8. The number of anilines is 1. The molecule has 0 atom stereocenters. The summed E-state index contributed by atoms with van der Waals surface area (Å²) in [4.78, 5) is 31.3. The van der Waals surface area contributed by atoms with E-state index in [1.165, 1.54) is 17.5 Å². The van der Waals surface area contributed by atoms with Crippen LogP contribution in [0.2, 0.25) is 0 Å². The Kier molecular flexibility index (Phi) is 6.90. The van der Waals surface area contributed by atoms with E-state index in [0.29, 0.717) is 12.5 Å². The number of nitrogens with zero attached hydrogens (tertiary/aromatic N) is 2. The number of hydrogen-bond acceptors (Lipinski definition) is 4. The van der Waals surface area contributed by atoms with Gasteiger partial charge >= 0.3 is 6.03 Å². The Labute approximate surface area is 188 Å². The molecule has 4 rings (SSSR count). The number of aromatic nitrogens is 1. The Bertz CT molecular complexity index is 929. The number of carbonyl (C=O) groups excluding carboxylic acids is 2. The summed E-state index contributed by atoms with van der Waals surface area (Å²) in [6.07, 6.45) is 5.91. The van der Waals surface area contributed by atoms with Crippen LogP contribution in [0.4, 0.5) is 10.5 Å². The summed E-state index contributed by atoms with van der Waals surface area (Å²) in [7, 11) is 0. The van der Waals surface area contributed by atoms with Gasteiger partial charge in [0, 0.05) is 49.0 Å². The summed E-state index contributed by atoms with van der Waals surface area (Å²) in [6.45, 7) is 6.28. The molecule has 1 saturated carbocycles. The van der Waals surface area contributed by atoms with Gasteiger partial charge in [-0.2, -0.15) is 0 Å². The van der Waals surface area contributed by atoms with Gasteiger partial charge in [0.1, 0.15) is 0 Å². The highest BCUT2D eigenvalue weighted by Gasteiger charge is 2.26. The largest absolute Gasteiger partial charge is 0.355 e. The van der Waals surface area contributed by atoms with Gasteiger partial charge in [-0.05, 0) is 62.8 Å². The monoisotopic (exact) mass is 440 g/mol. The van der Waals surface area contributed by atoms with E-state index >= 15 is 0 Å². The van der Waals surface area contributed by atoms with Gasteiger partial charge in [0.2, 0.25) is 5.91 Å². The Balaban J connectivity index is 1.21. The lowest BCUT2D eigenvalue weighted by molar-refractivity contribution is -0.127. The summed E-state index contributed by atoms with van der Waals surface area (Å²) in [6, 6.07) is 5.99. The fraction of sp³-hybridized carbons (Fsp3) is 0.542. The first-order valence-electron chi connectivity index (χ1n) is 11.3. The number of carbonyl (C=O) groups is 2. The third kappa shape index (κ3) is 5.45. The van der Waals surface area contributed by atoms with Crippen molar-refractivity contribution in [1.82, 2.24) is 15.2 Å². The molecule has 0 radical (unpaired) electrons. The maximum absolute atomic E-state index is 12.6. The number of urea groups is 1. The Morgan fingerprint density at radius 2 is 1.90 bits per heavy atom. The van der Waals surface area contributed by atoms with Crippen LogP contribution in [0.1, 0.15) is 59.9 Å². The average molecular weight is 441 g/mol. The number of amides is 3. The van der Waals surface area contributed by atoms with Crippen molar-refractivity contribution in [2.75, 3.05) is 25.0 Å². The number of thiazole rings is 1. The molecule has 2 heterocycles. The second-order valence-corrected chi connectivity index (χ2v) is 9.73. The van der Waals surface area contributed by atoms with E-state index in [1.807, 2.05) is 23.1 Å². The summed E-state index contributed by atoms with van der Waals surface area (Å²) < 4.78 is 0. The number of nitrogens with one attached hydrogen (secondary N) is 2. The van der Waals surface area contributed by atoms with Gasteiger partial charge < -0.3 is 15.5 Å². The van der Waals surface area contributed by atoms with Crippen molar-refractivity contribution in [2.24, 2.45) is 5.92 Å². The van der Waals surface area contributed by atoms with Crippen LogP contribution in [0.25, 0.3) is 0 Å². The van der Waals surface area contributed by atoms with Gasteiger partial charge in [-0.25, -0.2) is 9.78 Å². The van der Waals surface area contributed by atoms with Crippen molar-refractivity contribution >= 4 is 29.0 Å². The number of likely N-dealkylation sites (tertiary alicyclic amines) is 1. The molecule has 3 amide bonds. The number of benzene rings is 1. The molecule has 7 heteroatoms. The molecule has 1 saturated heterocycles. The van der Waals surface area contributed by atoms with E-state index < -0.39 is 0 Å². The third-order valence-corrected chi connectivity index (χ3v) is 7.67. The second-order valence-electron chi connectivity index (χ2n) is 8.84. The Hall–Kier alpha value is -2.41. The molecule has 1 aromatic heterocycles. The highest BCUT2D eigenvalue weighted by atomic mass is 32.1. The van der Waals surface area contributed by atoms with Crippen LogP contribution in [-0.2, 0) is 11.2 Å². The van der Waals surface area contributed by atoms with Gasteiger partial charge in [-0.3, -0.25) is 4.79 Å². The molecule has 2 aliphatic rings. The molecule has 1 aliphatic heterocycles. The predicted molar refractivity (Wildman–Crippen MR) is 125 cm³/mol. The first-order chi connectivity index (χ1) is 15.0. The number of aryl methyl sites for hydroxylation is 2. The maximum atomic E-state index is 12.6. The van der Waals surface area contributed by atoms with Gasteiger partial charge in [-0.1, -0.05) is 12.5 Å². The van der Waals surface area contributed by atoms with E-state index in [4.69, 9.17) is 4.98 Å². The minimum atomic E-state index is -0.0243. The lowest BCUT2D eigenvalue weighted by atomic mass is 9.85. The van der Waals surface area contributed by atoms with E-state index in [9.17, 15) is 9.59 Å². The third-order valence-electron chi connectivity index (χ3n) is 6.62. The standard InChI is InChI=1S/C24H32N4O2S/c1-16-6-7-20(14-17(16)2)27-24(30)28-12-9-19(10-13-28)23-26-21(15-31-23)8-11-25-22(29)18-4-3-5-18/h6-7,14-15,18-19H,3-5,8-13H2,1-2H3,(H,25,29)(H,27,30). The fourth-order valence-corrected chi connectivity index (χ4v) is 5.13. The topological polar surface area (TPSA) is 74.3 Å². The molecule has 0 bridgehead atoms. The van der Waals surface area contributed by atoms with Gasteiger partial charge in [0.25, 0.3) is 0 Å². The van der Waals surface area contributed by atoms with Gasteiger partial charge in [0.15, 0.2) is 0 Å². The predicted octanol–water partition coefficient (Wildman–Crippen LogP) is 4.63. The highest BCUT2D eigenvalue weighted by molar-refractivity contribution is 7.09. The molecule has 2 aromatic rings. The summed E-state index contributed by atoms with van der Waals surface area (Å²) in [5.41, 5.74) is 4.31. The van der Waals surface area contributed by atoms with Crippen LogP contribution in [0, 0.1) is 19.8 Å². The van der Waals surface area contributed by atoms with E-state index in [1.54, 1.807) is 11.3 Å². The molecule has 0 spiro atoms. The lowest BCUT2D eigenvalue weighted by Gasteiger charge is -2.31. The zero-order chi connectivity index (χ0) is 21.8. The Morgan fingerprint density at radius 1 is 1.13 bits per heavy atom. The molecule has 166 valence electrons. The molecule has 1 aromatic carbocycles. The van der Waals surface area contributed by atoms with E-state index in [2.05, 4.69) is 29.9 Å². The van der Waals surface area contributed by atoms with E-state index in [-0.39, 0.29) is 17.9 Å². The van der Waals surface area contributed by atoms with Crippen LogP contribution in [-0.4, -0.2) is 41.5 Å². The van der Waals surface area contributed by atoms with Crippen molar-refractivity contribution in [2.45, 2.75) is 58.3 Å². The van der Waals surface area contributed by atoms with E-state index in [0.717, 1.165) is 61.6 Å². The zero-order valence-corrected chi connectivity index (χ0v) is 19.3. The minimum absolute atomic E-state index is 0.0243. The van der Waals surface area contributed by atoms with Crippen molar-refractivity contribution in [1.29, 1.82) is 0 Å². The lowest BCUT2D eigenvalue weighted by Crippen LogP contribution is -2.40. The maximum Gasteiger partial charge on any atom is 0.321 e. The molecule has 31 heavy (non-hydrogen) atoms. The number of rotatable bonds is 6. The molecule has 2 fully saturated rings. The normalized spacial score (nSPS) is 17.3. The highest BCUT2D eigenvalue weighted by Crippen LogP contribution is 2.31. The number of piperidine rings is 1. The molecule has 6 nitrogen and oxygen atoms in total. The van der Waals surface area contributed by atoms with Crippen LogP contribution in [0.15, 0.2) is 23.6 Å². The number of hydrogen-bond donors (Lipinski definition) is 2. The molecule has 2 N–H and O–H groups in total. The second kappa shape index (κ2) is 9.81. The smallest absolute Gasteiger partial charge is 0.321 e. The quantitative estimate of drug-likeness (QED) is 0.688. The van der Waals surface area contributed by atoms with Crippen molar-refractivity contribution in [3.8, 4) is 0 Å². The van der Waals surface area contributed by atoms with Crippen molar-refractivity contribution in [3.05, 3.63) is 45.4 Å². The van der Waals surface area contributed by atoms with Crippen LogP contribution in [0.5, 0.6) is 0 Å². The van der Waals surface area contributed by atoms with Crippen molar-refractivity contribution in [3.63, 3.8) is 0 Å². The average Bonchev–Trinajstić information content (AvgIpc) is 3.18. The first-order valence-corrected chi connectivity index (χ1v) is 12.2. The minimum Gasteiger partial charge on any atom is -0.355 e. The van der Waals surface area contributed by atoms with Crippen molar-refractivity contribution < 1.29 is 9.59 Å². The SMILES string of the molecule is Cc1ccc(NC(=O)N2CCC(c3nc(CCNC(=O)C4CCC4)cs3)CC2)cc1C. The van der Waals surface area contributed by atoms with Gasteiger partial charge in [-0.15, -0.1) is 11.3 Å². The van der Waals surface area contributed by atoms with Crippen LogP contribution >= 0.6 is 11.3 Å². The summed E-state index contributed by atoms with van der Waals surface area (Å²) in [5.74, 6) is 0.852. The fourth-order valence-electron chi connectivity index (χ4n) is 4.10. The van der Waals surface area contributed by atoms with Gasteiger partial charge in [0.05, 0.1) is 10.7 Å². The summed E-state index contributed by atoms with van der Waals surface area (Å²) in [5, 5.41) is 9.34. The molecular formula is C24H32N4O2S.